The van der Waals surface area contributed by atoms with E-state index >= 15 is 0 Å². The molecule has 98 valence electrons. The van der Waals surface area contributed by atoms with Crippen LogP contribution in [-0.4, -0.2) is 56.0 Å². The number of hydrogen-bond acceptors (Lipinski definition) is 4. The van der Waals surface area contributed by atoms with Gasteiger partial charge in [-0.15, -0.1) is 0 Å². The molecule has 0 spiro atoms. The summed E-state index contributed by atoms with van der Waals surface area (Å²) >= 11 is 0. The van der Waals surface area contributed by atoms with E-state index < -0.39 is 9.84 Å². The average Bonchev–Trinajstić information content (AvgIpc) is 2.93. The van der Waals surface area contributed by atoms with E-state index in [2.05, 4.69) is 10.2 Å². The monoisotopic (exact) mass is 258 g/mol. The highest BCUT2D eigenvalue weighted by molar-refractivity contribution is 7.91. The van der Waals surface area contributed by atoms with Crippen LogP contribution in [0.5, 0.6) is 0 Å². The Hall–Kier alpha value is -0.130. The number of likely N-dealkylation sites (tertiary alicyclic amines) is 1. The van der Waals surface area contributed by atoms with Crippen molar-refractivity contribution in [2.24, 2.45) is 0 Å². The van der Waals surface area contributed by atoms with Gasteiger partial charge in [0.2, 0.25) is 0 Å². The standard InChI is InChI=1S/C12H22N2O2S/c15-17(16)7-1-2-12(9-17)14-6-5-11(8-14)13-10-3-4-10/h10-13H,1-9H2. The number of rotatable bonds is 3. The summed E-state index contributed by atoms with van der Waals surface area (Å²) in [7, 11) is -2.76. The first-order valence-corrected chi connectivity index (χ1v) is 8.65. The zero-order valence-electron chi connectivity index (χ0n) is 10.3. The van der Waals surface area contributed by atoms with Crippen molar-refractivity contribution in [2.45, 2.75) is 50.2 Å². The van der Waals surface area contributed by atoms with E-state index in [0.717, 1.165) is 32.0 Å². The molecular formula is C12H22N2O2S. The van der Waals surface area contributed by atoms with Gasteiger partial charge in [-0.05, 0) is 32.1 Å². The summed E-state index contributed by atoms with van der Waals surface area (Å²) in [5.74, 6) is 0.796. The second-order valence-corrected chi connectivity index (χ2v) is 8.06. The molecule has 3 rings (SSSR count). The maximum Gasteiger partial charge on any atom is 0.151 e. The van der Waals surface area contributed by atoms with E-state index in [1.54, 1.807) is 0 Å². The van der Waals surface area contributed by atoms with Gasteiger partial charge in [-0.25, -0.2) is 8.42 Å². The molecule has 0 aromatic carbocycles. The Morgan fingerprint density at radius 1 is 1.06 bits per heavy atom. The second-order valence-electron chi connectivity index (χ2n) is 5.83. The maximum atomic E-state index is 11.6. The van der Waals surface area contributed by atoms with Crippen LogP contribution in [0.3, 0.4) is 0 Å². The maximum absolute atomic E-state index is 11.6. The molecule has 0 aromatic heterocycles. The van der Waals surface area contributed by atoms with Gasteiger partial charge in [-0.1, -0.05) is 0 Å². The molecular weight excluding hydrogens is 236 g/mol. The van der Waals surface area contributed by atoms with Crippen molar-refractivity contribution < 1.29 is 8.42 Å². The van der Waals surface area contributed by atoms with Crippen molar-refractivity contribution in [3.8, 4) is 0 Å². The predicted octanol–water partition coefficient (Wildman–Crippen LogP) is 0.390. The molecule has 1 saturated carbocycles. The fraction of sp³-hybridized carbons (Fsp3) is 1.00. The lowest BCUT2D eigenvalue weighted by Gasteiger charge is -2.30. The summed E-state index contributed by atoms with van der Waals surface area (Å²) in [6.45, 7) is 2.13. The number of nitrogens with one attached hydrogen (secondary N) is 1. The van der Waals surface area contributed by atoms with Crippen molar-refractivity contribution in [3.05, 3.63) is 0 Å². The summed E-state index contributed by atoms with van der Waals surface area (Å²) in [6.07, 6.45) is 5.76. The smallest absolute Gasteiger partial charge is 0.151 e. The zero-order valence-corrected chi connectivity index (χ0v) is 11.1. The van der Waals surface area contributed by atoms with E-state index in [4.69, 9.17) is 0 Å². The molecule has 2 atom stereocenters. The van der Waals surface area contributed by atoms with Crippen molar-refractivity contribution >= 4 is 9.84 Å². The second kappa shape index (κ2) is 4.52. The van der Waals surface area contributed by atoms with E-state index in [1.807, 2.05) is 0 Å². The van der Waals surface area contributed by atoms with Gasteiger partial charge >= 0.3 is 0 Å². The molecule has 0 radical (unpaired) electrons. The first-order valence-electron chi connectivity index (χ1n) is 6.83. The third-order valence-corrected chi connectivity index (χ3v) is 6.03. The molecule has 2 heterocycles. The van der Waals surface area contributed by atoms with Crippen LogP contribution < -0.4 is 5.32 Å². The summed E-state index contributed by atoms with van der Waals surface area (Å²) in [4.78, 5) is 2.40. The van der Waals surface area contributed by atoms with Crippen molar-refractivity contribution in [2.75, 3.05) is 24.6 Å². The predicted molar refractivity (Wildman–Crippen MR) is 67.8 cm³/mol. The Balaban J connectivity index is 1.54. The summed E-state index contributed by atoms with van der Waals surface area (Å²) < 4.78 is 23.3. The minimum Gasteiger partial charge on any atom is -0.310 e. The van der Waals surface area contributed by atoms with E-state index in [1.165, 1.54) is 19.3 Å². The fourth-order valence-corrected chi connectivity index (χ4v) is 4.86. The van der Waals surface area contributed by atoms with Crippen LogP contribution in [0.2, 0.25) is 0 Å². The third-order valence-electron chi connectivity index (χ3n) is 4.22. The average molecular weight is 258 g/mol. The van der Waals surface area contributed by atoms with Gasteiger partial charge < -0.3 is 5.32 Å². The van der Waals surface area contributed by atoms with E-state index in [0.29, 0.717) is 23.6 Å². The molecule has 1 N–H and O–H groups in total. The number of hydrogen-bond donors (Lipinski definition) is 1. The lowest BCUT2D eigenvalue weighted by atomic mass is 10.1. The molecule has 3 aliphatic rings. The molecule has 2 saturated heterocycles. The Morgan fingerprint density at radius 2 is 1.88 bits per heavy atom. The summed E-state index contributed by atoms with van der Waals surface area (Å²) in [6, 6.07) is 1.65. The number of sulfone groups is 1. The highest BCUT2D eigenvalue weighted by Gasteiger charge is 2.35. The van der Waals surface area contributed by atoms with Crippen LogP contribution in [-0.2, 0) is 9.84 Å². The van der Waals surface area contributed by atoms with Gasteiger partial charge in [-0.2, -0.15) is 0 Å². The minimum atomic E-state index is -2.76. The van der Waals surface area contributed by atoms with Crippen molar-refractivity contribution in [1.29, 1.82) is 0 Å². The molecule has 4 nitrogen and oxygen atoms in total. The molecule has 2 aliphatic heterocycles. The number of nitrogens with zero attached hydrogens (tertiary/aromatic N) is 1. The minimum absolute atomic E-state index is 0.291. The molecule has 17 heavy (non-hydrogen) atoms. The Labute approximate surface area is 104 Å². The van der Waals surface area contributed by atoms with Crippen molar-refractivity contribution in [3.63, 3.8) is 0 Å². The molecule has 5 heteroatoms. The third kappa shape index (κ3) is 3.01. The van der Waals surface area contributed by atoms with Crippen LogP contribution in [0.4, 0.5) is 0 Å². The molecule has 0 bridgehead atoms. The van der Waals surface area contributed by atoms with Crippen LogP contribution in [0, 0.1) is 0 Å². The highest BCUT2D eigenvalue weighted by Crippen LogP contribution is 2.25. The molecule has 2 unspecified atom stereocenters. The van der Waals surface area contributed by atoms with Crippen LogP contribution in [0.15, 0.2) is 0 Å². The van der Waals surface area contributed by atoms with Gasteiger partial charge in [0.25, 0.3) is 0 Å². The first-order chi connectivity index (χ1) is 8.12. The van der Waals surface area contributed by atoms with Gasteiger partial charge in [0.1, 0.15) is 0 Å². The van der Waals surface area contributed by atoms with Gasteiger partial charge in [-0.3, -0.25) is 4.90 Å². The van der Waals surface area contributed by atoms with Gasteiger partial charge in [0, 0.05) is 31.2 Å². The van der Waals surface area contributed by atoms with Crippen molar-refractivity contribution in [1.82, 2.24) is 10.2 Å². The van der Waals surface area contributed by atoms with Crippen LogP contribution >= 0.6 is 0 Å². The van der Waals surface area contributed by atoms with Crippen LogP contribution in [0.1, 0.15) is 32.1 Å². The highest BCUT2D eigenvalue weighted by atomic mass is 32.2. The molecule has 3 fully saturated rings. The molecule has 1 aliphatic carbocycles. The summed E-state index contributed by atoms with van der Waals surface area (Å²) in [5, 5.41) is 3.65. The lowest BCUT2D eigenvalue weighted by molar-refractivity contribution is 0.236. The van der Waals surface area contributed by atoms with Gasteiger partial charge in [0.05, 0.1) is 11.5 Å². The van der Waals surface area contributed by atoms with E-state index in [-0.39, 0.29) is 0 Å². The Kier molecular flexibility index (Phi) is 3.17. The molecule has 0 aromatic rings. The quantitative estimate of drug-likeness (QED) is 0.795. The topological polar surface area (TPSA) is 49.4 Å². The normalized spacial score (nSPS) is 38.4. The largest absolute Gasteiger partial charge is 0.310 e. The summed E-state index contributed by atoms with van der Waals surface area (Å²) in [5.41, 5.74) is 0. The van der Waals surface area contributed by atoms with Crippen LogP contribution in [0.25, 0.3) is 0 Å². The fourth-order valence-electron chi connectivity index (χ4n) is 3.12. The molecule has 0 amide bonds. The zero-order chi connectivity index (χ0) is 11.9. The van der Waals surface area contributed by atoms with E-state index in [9.17, 15) is 8.42 Å². The first kappa shape index (κ1) is 11.9. The van der Waals surface area contributed by atoms with Gasteiger partial charge in [0.15, 0.2) is 9.84 Å². The Morgan fingerprint density at radius 3 is 2.59 bits per heavy atom. The lowest BCUT2D eigenvalue weighted by Crippen LogP contribution is -2.44. The SMILES string of the molecule is O=S1(=O)CCCC(N2CCC(NC3CC3)C2)C1. The Bertz CT molecular complexity index is 378.